The van der Waals surface area contributed by atoms with E-state index in [1.165, 1.54) is 18.3 Å². The van der Waals surface area contributed by atoms with Crippen LogP contribution in [0.4, 0.5) is 35.2 Å². The highest BCUT2D eigenvalue weighted by molar-refractivity contribution is 9.10. The number of hydrogen-bond donors (Lipinski definition) is 2. The van der Waals surface area contributed by atoms with Crippen LogP contribution in [0.2, 0.25) is 0 Å². The van der Waals surface area contributed by atoms with Crippen molar-refractivity contribution in [3.05, 3.63) is 99.4 Å². The fourth-order valence-corrected chi connectivity index (χ4v) is 7.29. The Hall–Kier alpha value is -5.81. The van der Waals surface area contributed by atoms with Crippen molar-refractivity contribution in [2.75, 3.05) is 88.0 Å². The average Bonchev–Trinajstić information content (AvgIpc) is 4.13. The zero-order chi connectivity index (χ0) is 47.1. The molecular formula is C47H53BrF3N7O8. The number of nitriles is 1. The van der Waals surface area contributed by atoms with E-state index in [0.717, 1.165) is 40.2 Å². The predicted molar refractivity (Wildman–Crippen MR) is 243 cm³/mol. The summed E-state index contributed by atoms with van der Waals surface area (Å²) in [6.07, 6.45) is 0.796. The molecule has 1 atom stereocenters. The number of anilines is 3. The molecular weight excluding hydrogens is 927 g/mol. The van der Waals surface area contributed by atoms with Crippen LogP contribution in [0.3, 0.4) is 0 Å². The summed E-state index contributed by atoms with van der Waals surface area (Å²) in [6, 6.07) is 15.6. The summed E-state index contributed by atoms with van der Waals surface area (Å²) in [5, 5.41) is 14.6. The average molecular weight is 981 g/mol. The molecule has 1 saturated carbocycles. The number of ketones is 1. The molecule has 1 aliphatic heterocycles. The Labute approximate surface area is 390 Å². The molecule has 1 aliphatic carbocycles. The SMILES string of the molecule is Cc1cnc(NC(=O)Nc2cc(Br)c(C)cc2OC[C@@H]2CN(C(=O)CCOCCOCCOc3ccc(CCC(=O)CN(CC4CC4)c4ccc(C#N)c(C(F)(F)F)c4)cc3)CCO2)cn1. The molecule has 0 bridgehead atoms. The first-order chi connectivity index (χ1) is 31.7. The van der Waals surface area contributed by atoms with Crippen LogP contribution in [0, 0.1) is 31.1 Å². The van der Waals surface area contributed by atoms with Crippen molar-refractivity contribution in [1.82, 2.24) is 14.9 Å². The number of nitrogens with one attached hydrogen (secondary N) is 2. The number of morpholine rings is 1. The van der Waals surface area contributed by atoms with Gasteiger partial charge in [0.2, 0.25) is 5.91 Å². The monoisotopic (exact) mass is 979 g/mol. The Morgan fingerprint density at radius 2 is 1.70 bits per heavy atom. The van der Waals surface area contributed by atoms with E-state index in [0.29, 0.717) is 88.0 Å². The Morgan fingerprint density at radius 1 is 0.939 bits per heavy atom. The molecule has 1 saturated heterocycles. The number of aryl methyl sites for hydroxylation is 3. The topological polar surface area (TPSA) is 177 Å². The van der Waals surface area contributed by atoms with E-state index in [2.05, 4.69) is 36.5 Å². The summed E-state index contributed by atoms with van der Waals surface area (Å²) in [5.41, 5.74) is 1.83. The van der Waals surface area contributed by atoms with Crippen molar-refractivity contribution in [2.24, 2.45) is 5.92 Å². The Bertz CT molecular complexity index is 2310. The van der Waals surface area contributed by atoms with Gasteiger partial charge in [0.05, 0.1) is 93.5 Å². The van der Waals surface area contributed by atoms with E-state index in [1.54, 1.807) is 41.1 Å². The minimum absolute atomic E-state index is 0.0110. The first-order valence-electron chi connectivity index (χ1n) is 21.7. The van der Waals surface area contributed by atoms with Gasteiger partial charge in [0.25, 0.3) is 0 Å². The van der Waals surface area contributed by atoms with Gasteiger partial charge < -0.3 is 38.8 Å². The van der Waals surface area contributed by atoms with Gasteiger partial charge in [-0.15, -0.1) is 0 Å². The standard InChI is InChI=1S/C47H53BrF3N7O8/c1-31-21-43(42(23-41(31)48)55-46(61)56-44-26-53-32(2)25-54-44)66-30-39-29-57(14-16-64-39)45(60)13-15-62-17-18-63-19-20-65-38-11-6-33(7-12-38)5-10-37(59)28-58(27-34-3-4-34)36-9-8-35(24-52)40(22-36)47(49,50)51/h6-9,11-12,21-23,25-26,34,39H,3-5,10,13-20,27-30H2,1-2H3,(H2,54,55,56,61)/t39-/m0/s1. The molecule has 2 fully saturated rings. The molecule has 3 aromatic carbocycles. The van der Waals surface area contributed by atoms with Crippen molar-refractivity contribution in [3.8, 4) is 17.6 Å². The number of ether oxygens (including phenoxy) is 5. The second-order valence-electron chi connectivity index (χ2n) is 16.0. The number of Topliss-reactive ketones (excluding diaryl/α,β-unsaturated/α-hetero) is 1. The predicted octanol–water partition coefficient (Wildman–Crippen LogP) is 7.92. The van der Waals surface area contributed by atoms with Crippen LogP contribution in [0.25, 0.3) is 0 Å². The lowest BCUT2D eigenvalue weighted by atomic mass is 10.0. The van der Waals surface area contributed by atoms with Gasteiger partial charge in [0.1, 0.15) is 30.8 Å². The van der Waals surface area contributed by atoms with Gasteiger partial charge in [0.15, 0.2) is 11.6 Å². The summed E-state index contributed by atoms with van der Waals surface area (Å²) in [4.78, 5) is 50.4. The van der Waals surface area contributed by atoms with Crippen LogP contribution in [-0.2, 0) is 36.4 Å². The van der Waals surface area contributed by atoms with Crippen molar-refractivity contribution >= 4 is 50.8 Å². The third-order valence-electron chi connectivity index (χ3n) is 10.7. The highest BCUT2D eigenvalue weighted by atomic mass is 79.9. The smallest absolute Gasteiger partial charge is 0.417 e. The number of aromatic nitrogens is 2. The molecule has 4 aromatic rings. The zero-order valence-electron chi connectivity index (χ0n) is 36.8. The first-order valence-corrected chi connectivity index (χ1v) is 22.5. The van der Waals surface area contributed by atoms with Crippen molar-refractivity contribution in [2.45, 2.75) is 58.2 Å². The quantitative estimate of drug-likeness (QED) is 0.0688. The molecule has 352 valence electrons. The van der Waals surface area contributed by atoms with Crippen LogP contribution in [0.5, 0.6) is 11.5 Å². The normalized spacial score (nSPS) is 14.9. The molecule has 3 amide bonds. The zero-order valence-corrected chi connectivity index (χ0v) is 38.4. The lowest BCUT2D eigenvalue weighted by Crippen LogP contribution is -2.47. The number of carbonyl (C=O) groups is 3. The fraction of sp³-hybridized carbons (Fsp3) is 0.447. The van der Waals surface area contributed by atoms with E-state index >= 15 is 0 Å². The van der Waals surface area contributed by atoms with Crippen LogP contribution in [0.1, 0.15) is 53.6 Å². The number of urea groups is 1. The van der Waals surface area contributed by atoms with Crippen LogP contribution in [0.15, 0.2) is 71.5 Å². The number of alkyl halides is 3. The minimum Gasteiger partial charge on any atom is -0.491 e. The summed E-state index contributed by atoms with van der Waals surface area (Å²) in [5.74, 6) is 1.56. The van der Waals surface area contributed by atoms with Crippen molar-refractivity contribution in [3.63, 3.8) is 0 Å². The molecule has 6 rings (SSSR count). The molecule has 66 heavy (non-hydrogen) atoms. The second kappa shape index (κ2) is 24.1. The highest BCUT2D eigenvalue weighted by Crippen LogP contribution is 2.37. The summed E-state index contributed by atoms with van der Waals surface area (Å²) >= 11 is 3.51. The molecule has 0 radical (unpaired) electrons. The van der Waals surface area contributed by atoms with Gasteiger partial charge in [-0.05, 0) is 92.6 Å². The number of nitrogens with zero attached hydrogens (tertiary/aromatic N) is 5. The molecule has 0 spiro atoms. The van der Waals surface area contributed by atoms with Gasteiger partial charge in [0, 0.05) is 29.7 Å². The van der Waals surface area contributed by atoms with Gasteiger partial charge in [-0.25, -0.2) is 9.78 Å². The maximum absolute atomic E-state index is 13.6. The molecule has 2 N–H and O–H groups in total. The maximum atomic E-state index is 13.6. The van der Waals surface area contributed by atoms with Gasteiger partial charge in [-0.2, -0.15) is 18.4 Å². The molecule has 0 unspecified atom stereocenters. The lowest BCUT2D eigenvalue weighted by Gasteiger charge is -2.33. The number of carbonyl (C=O) groups excluding carboxylic acids is 3. The molecule has 2 heterocycles. The number of rotatable bonds is 23. The van der Waals surface area contributed by atoms with Gasteiger partial charge >= 0.3 is 12.2 Å². The minimum atomic E-state index is -4.67. The number of amides is 3. The maximum Gasteiger partial charge on any atom is 0.417 e. The third kappa shape index (κ3) is 15.7. The Kier molecular flexibility index (Phi) is 18.1. The second-order valence-corrected chi connectivity index (χ2v) is 16.9. The van der Waals surface area contributed by atoms with E-state index < -0.39 is 23.3 Å². The highest BCUT2D eigenvalue weighted by Gasteiger charge is 2.35. The molecule has 2 aliphatic rings. The largest absolute Gasteiger partial charge is 0.491 e. The number of halogens is 4. The van der Waals surface area contributed by atoms with Gasteiger partial charge in [-0.1, -0.05) is 28.1 Å². The van der Waals surface area contributed by atoms with Crippen molar-refractivity contribution in [1.29, 1.82) is 5.26 Å². The van der Waals surface area contributed by atoms with Crippen molar-refractivity contribution < 1.29 is 51.2 Å². The van der Waals surface area contributed by atoms with Crippen LogP contribution >= 0.6 is 15.9 Å². The van der Waals surface area contributed by atoms with E-state index in [-0.39, 0.29) is 56.1 Å². The molecule has 19 heteroatoms. The molecule has 15 nitrogen and oxygen atoms in total. The fourth-order valence-electron chi connectivity index (χ4n) is 6.95. The molecule has 1 aromatic heterocycles. The van der Waals surface area contributed by atoms with Crippen LogP contribution < -0.4 is 25.0 Å². The Morgan fingerprint density at radius 3 is 2.41 bits per heavy atom. The first kappa shape index (κ1) is 49.6. The van der Waals surface area contributed by atoms with E-state index in [4.69, 9.17) is 28.9 Å². The number of benzene rings is 3. The Balaban J connectivity index is 0.824. The summed E-state index contributed by atoms with van der Waals surface area (Å²) in [7, 11) is 0. The third-order valence-corrected chi connectivity index (χ3v) is 11.6. The lowest BCUT2D eigenvalue weighted by molar-refractivity contribution is -0.141. The van der Waals surface area contributed by atoms with E-state index in [1.807, 2.05) is 31.2 Å². The number of hydrogen-bond acceptors (Lipinski definition) is 12. The van der Waals surface area contributed by atoms with Crippen LogP contribution in [-0.4, -0.2) is 111 Å². The van der Waals surface area contributed by atoms with Gasteiger partial charge in [-0.3, -0.25) is 19.9 Å². The van der Waals surface area contributed by atoms with E-state index in [9.17, 15) is 27.6 Å². The summed E-state index contributed by atoms with van der Waals surface area (Å²) in [6.45, 7) is 6.98. The summed E-state index contributed by atoms with van der Waals surface area (Å²) < 4.78 is 70.7.